The summed E-state index contributed by atoms with van der Waals surface area (Å²) < 4.78 is 3.28. The Hall–Kier alpha value is -0.350. The highest BCUT2D eigenvalue weighted by Gasteiger charge is 2.16. The number of rotatable bonds is 5. The van der Waals surface area contributed by atoms with Gasteiger partial charge in [-0.15, -0.1) is 0 Å². The van der Waals surface area contributed by atoms with Crippen LogP contribution in [0, 0.1) is 12.8 Å². The van der Waals surface area contributed by atoms with Crippen molar-refractivity contribution in [1.82, 2.24) is 15.1 Å². The summed E-state index contributed by atoms with van der Waals surface area (Å²) in [5.41, 5.74) is 2.59. The largest absolute Gasteiger partial charge is 0.312 e. The van der Waals surface area contributed by atoms with Gasteiger partial charge in [0, 0.05) is 12.1 Å². The second-order valence-corrected chi connectivity index (χ2v) is 6.90. The molecule has 0 spiro atoms. The van der Waals surface area contributed by atoms with Crippen molar-refractivity contribution in [1.29, 1.82) is 0 Å². The maximum atomic E-state index is 4.54. The summed E-state index contributed by atoms with van der Waals surface area (Å²) in [6.45, 7) is 15.1. The van der Waals surface area contributed by atoms with Crippen molar-refractivity contribution >= 4 is 15.9 Å². The van der Waals surface area contributed by atoms with Crippen LogP contribution in [0.2, 0.25) is 0 Å². The second kappa shape index (κ2) is 6.20. The maximum Gasteiger partial charge on any atom is 0.0738 e. The highest BCUT2D eigenvalue weighted by molar-refractivity contribution is 9.10. The monoisotopic (exact) mass is 315 g/mol. The highest BCUT2D eigenvalue weighted by Crippen LogP contribution is 2.23. The van der Waals surface area contributed by atoms with E-state index in [2.05, 4.69) is 72.6 Å². The molecule has 0 saturated carbocycles. The van der Waals surface area contributed by atoms with Gasteiger partial charge in [0.2, 0.25) is 0 Å². The topological polar surface area (TPSA) is 29.9 Å². The number of halogens is 1. The summed E-state index contributed by atoms with van der Waals surface area (Å²) in [6.07, 6.45) is 1.05. The third-order valence-electron chi connectivity index (χ3n) is 2.98. The molecule has 0 bridgehead atoms. The van der Waals surface area contributed by atoms with Crippen LogP contribution in [0.5, 0.6) is 0 Å². The van der Waals surface area contributed by atoms with Gasteiger partial charge in [-0.3, -0.25) is 4.68 Å². The molecule has 0 radical (unpaired) electrons. The zero-order chi connectivity index (χ0) is 13.9. The quantitative estimate of drug-likeness (QED) is 0.900. The van der Waals surface area contributed by atoms with Crippen LogP contribution in [0.1, 0.15) is 46.0 Å². The molecule has 0 aliphatic carbocycles. The first-order valence-corrected chi connectivity index (χ1v) is 7.50. The standard InChI is InChI=1S/C14H26BrN3/c1-7-18-12(13(15)11(3)17-18)8-10(2)9-16-14(4,5)6/h10,16H,7-9H2,1-6H3. The maximum absolute atomic E-state index is 4.54. The minimum absolute atomic E-state index is 0.187. The first-order valence-electron chi connectivity index (χ1n) is 6.71. The van der Waals surface area contributed by atoms with Crippen molar-refractivity contribution in [2.45, 2.75) is 60.0 Å². The van der Waals surface area contributed by atoms with E-state index in [0.717, 1.165) is 25.2 Å². The molecule has 0 amide bonds. The number of nitrogens with zero attached hydrogens (tertiary/aromatic N) is 2. The van der Waals surface area contributed by atoms with Crippen molar-refractivity contribution in [2.24, 2.45) is 5.92 Å². The van der Waals surface area contributed by atoms with Crippen LogP contribution in [-0.4, -0.2) is 21.9 Å². The van der Waals surface area contributed by atoms with E-state index in [1.165, 1.54) is 10.2 Å². The molecule has 0 fully saturated rings. The van der Waals surface area contributed by atoms with Gasteiger partial charge in [-0.2, -0.15) is 5.10 Å². The fourth-order valence-corrected chi connectivity index (χ4v) is 2.39. The van der Waals surface area contributed by atoms with Gasteiger partial charge in [-0.1, -0.05) is 6.92 Å². The van der Waals surface area contributed by atoms with Crippen molar-refractivity contribution in [3.05, 3.63) is 15.9 Å². The van der Waals surface area contributed by atoms with Gasteiger partial charge in [0.1, 0.15) is 0 Å². The first-order chi connectivity index (χ1) is 8.24. The Morgan fingerprint density at radius 3 is 2.50 bits per heavy atom. The van der Waals surface area contributed by atoms with Crippen LogP contribution in [0.3, 0.4) is 0 Å². The SMILES string of the molecule is CCn1nc(C)c(Br)c1CC(C)CNC(C)(C)C. The Labute approximate surface area is 119 Å². The van der Waals surface area contributed by atoms with E-state index < -0.39 is 0 Å². The van der Waals surface area contributed by atoms with Crippen molar-refractivity contribution in [3.8, 4) is 0 Å². The molecule has 1 N–H and O–H groups in total. The third kappa shape index (κ3) is 4.39. The summed E-state index contributed by atoms with van der Waals surface area (Å²) in [7, 11) is 0. The fraction of sp³-hybridized carbons (Fsp3) is 0.786. The van der Waals surface area contributed by atoms with E-state index in [0.29, 0.717) is 5.92 Å². The van der Waals surface area contributed by atoms with Crippen LogP contribution in [0.15, 0.2) is 4.47 Å². The van der Waals surface area contributed by atoms with Crippen LogP contribution < -0.4 is 5.32 Å². The molecule has 0 saturated heterocycles. The van der Waals surface area contributed by atoms with Gasteiger partial charge >= 0.3 is 0 Å². The summed E-state index contributed by atoms with van der Waals surface area (Å²) in [5.74, 6) is 0.599. The Balaban J connectivity index is 2.67. The Bertz CT molecular complexity index is 390. The van der Waals surface area contributed by atoms with Gasteiger partial charge in [0.05, 0.1) is 15.9 Å². The van der Waals surface area contributed by atoms with Gasteiger partial charge in [-0.05, 0) is 69.4 Å². The zero-order valence-corrected chi connectivity index (χ0v) is 14.1. The Morgan fingerprint density at radius 2 is 2.00 bits per heavy atom. The molecule has 1 heterocycles. The van der Waals surface area contributed by atoms with E-state index >= 15 is 0 Å². The van der Waals surface area contributed by atoms with Crippen LogP contribution in [-0.2, 0) is 13.0 Å². The molecule has 1 aromatic heterocycles. The van der Waals surface area contributed by atoms with Gasteiger partial charge in [0.25, 0.3) is 0 Å². The molecule has 1 unspecified atom stereocenters. The predicted molar refractivity (Wildman–Crippen MR) is 81.0 cm³/mol. The average molecular weight is 316 g/mol. The smallest absolute Gasteiger partial charge is 0.0738 e. The van der Waals surface area contributed by atoms with E-state index in [1.807, 2.05) is 0 Å². The lowest BCUT2D eigenvalue weighted by atomic mass is 10.0. The second-order valence-electron chi connectivity index (χ2n) is 6.10. The molecule has 0 aromatic carbocycles. The number of hydrogen-bond donors (Lipinski definition) is 1. The van der Waals surface area contributed by atoms with Crippen LogP contribution >= 0.6 is 15.9 Å². The van der Waals surface area contributed by atoms with Crippen LogP contribution in [0.4, 0.5) is 0 Å². The molecule has 4 heteroatoms. The van der Waals surface area contributed by atoms with E-state index in [9.17, 15) is 0 Å². The fourth-order valence-electron chi connectivity index (χ4n) is 1.95. The summed E-state index contributed by atoms with van der Waals surface area (Å²) in [6, 6.07) is 0. The lowest BCUT2D eigenvalue weighted by Crippen LogP contribution is -2.39. The highest BCUT2D eigenvalue weighted by atomic mass is 79.9. The molecule has 0 aliphatic heterocycles. The third-order valence-corrected chi connectivity index (χ3v) is 4.01. The number of aryl methyl sites for hydroxylation is 2. The number of nitrogens with one attached hydrogen (secondary N) is 1. The summed E-state index contributed by atoms with van der Waals surface area (Å²) in [5, 5.41) is 8.10. The summed E-state index contributed by atoms with van der Waals surface area (Å²) >= 11 is 3.66. The van der Waals surface area contributed by atoms with Crippen LogP contribution in [0.25, 0.3) is 0 Å². The van der Waals surface area contributed by atoms with Gasteiger partial charge in [-0.25, -0.2) is 0 Å². The number of aromatic nitrogens is 2. The molecule has 18 heavy (non-hydrogen) atoms. The molecule has 0 aliphatic rings. The lowest BCUT2D eigenvalue weighted by Gasteiger charge is -2.23. The van der Waals surface area contributed by atoms with E-state index in [-0.39, 0.29) is 5.54 Å². The van der Waals surface area contributed by atoms with Crippen molar-refractivity contribution in [3.63, 3.8) is 0 Å². The molecule has 3 nitrogen and oxygen atoms in total. The normalized spacial score (nSPS) is 13.9. The molecular formula is C14H26BrN3. The molecule has 104 valence electrons. The Kier molecular flexibility index (Phi) is 5.41. The molecule has 1 rings (SSSR count). The van der Waals surface area contributed by atoms with Gasteiger partial charge < -0.3 is 5.32 Å². The average Bonchev–Trinajstić information content (AvgIpc) is 2.53. The molecular weight excluding hydrogens is 290 g/mol. The zero-order valence-electron chi connectivity index (χ0n) is 12.5. The first kappa shape index (κ1) is 15.7. The van der Waals surface area contributed by atoms with E-state index in [1.54, 1.807) is 0 Å². The van der Waals surface area contributed by atoms with Crippen molar-refractivity contribution < 1.29 is 0 Å². The lowest BCUT2D eigenvalue weighted by molar-refractivity contribution is 0.377. The van der Waals surface area contributed by atoms with E-state index in [4.69, 9.17) is 0 Å². The summed E-state index contributed by atoms with van der Waals surface area (Å²) in [4.78, 5) is 0. The minimum Gasteiger partial charge on any atom is -0.312 e. The molecule has 1 aromatic rings. The minimum atomic E-state index is 0.187. The Morgan fingerprint density at radius 1 is 1.39 bits per heavy atom. The van der Waals surface area contributed by atoms with Gasteiger partial charge in [0.15, 0.2) is 0 Å². The number of hydrogen-bond acceptors (Lipinski definition) is 2. The molecule has 1 atom stereocenters. The van der Waals surface area contributed by atoms with Crippen molar-refractivity contribution in [2.75, 3.05) is 6.54 Å². The predicted octanol–water partition coefficient (Wildman–Crippen LogP) is 3.54.